The number of aromatic amines is 1. The summed E-state index contributed by atoms with van der Waals surface area (Å²) in [5.74, 6) is 0.446. The molecule has 0 bridgehead atoms. The number of carboxylic acid groups (broad SMARTS) is 1. The van der Waals surface area contributed by atoms with E-state index in [0.717, 1.165) is 28.6 Å². The Balaban J connectivity index is 0.000000758. The first-order valence-electron chi connectivity index (χ1n) is 7.34. The fourth-order valence-corrected chi connectivity index (χ4v) is 2.97. The number of fused-ring (bicyclic) bond motifs is 1. The number of methoxy groups -OCH3 is 1. The Hall–Kier alpha value is -3.14. The number of benzene rings is 1. The molecule has 0 fully saturated rings. The van der Waals surface area contributed by atoms with Gasteiger partial charge in [0, 0.05) is 11.6 Å². The van der Waals surface area contributed by atoms with Crippen LogP contribution in [-0.2, 0) is 14.8 Å². The van der Waals surface area contributed by atoms with Gasteiger partial charge < -0.3 is 9.84 Å². The van der Waals surface area contributed by atoms with E-state index in [4.69, 9.17) is 14.6 Å². The van der Waals surface area contributed by atoms with Crippen molar-refractivity contribution in [3.05, 3.63) is 36.0 Å². The molecule has 2 heterocycles. The Bertz CT molecular complexity index is 1020. The Morgan fingerprint density at radius 3 is 2.54 bits per heavy atom. The van der Waals surface area contributed by atoms with Gasteiger partial charge in [0.25, 0.3) is 6.47 Å². The van der Waals surface area contributed by atoms with Crippen LogP contribution in [0.2, 0.25) is 0 Å². The number of nitrogens with one attached hydrogen (secondary N) is 2. The van der Waals surface area contributed by atoms with Gasteiger partial charge in [-0.1, -0.05) is 0 Å². The van der Waals surface area contributed by atoms with Gasteiger partial charge in [0.1, 0.15) is 5.75 Å². The highest BCUT2D eigenvalue weighted by Crippen LogP contribution is 2.33. The summed E-state index contributed by atoms with van der Waals surface area (Å²) >= 11 is 0. The standard InChI is InChI=1S/C15H16N4O3S.CH2O2/c1-9-6-13(11-4-5-16-18-11)17-12-8-14(19-23(3,20)21)15(22-2)7-10(9)12;2-1-3/h4-8,19H,1-3H3,(H,16,18);1H,(H,2,3). The summed E-state index contributed by atoms with van der Waals surface area (Å²) in [6.45, 7) is 1.72. The molecule has 3 rings (SSSR count). The molecule has 9 nitrogen and oxygen atoms in total. The molecule has 26 heavy (non-hydrogen) atoms. The maximum absolute atomic E-state index is 11.5. The number of sulfonamides is 1. The summed E-state index contributed by atoms with van der Waals surface area (Å²) in [6, 6.07) is 7.22. The quantitative estimate of drug-likeness (QED) is 0.591. The van der Waals surface area contributed by atoms with Crippen molar-refractivity contribution in [3.8, 4) is 17.1 Å². The molecule has 0 saturated heterocycles. The number of pyridine rings is 1. The molecule has 0 aliphatic heterocycles. The molecule has 138 valence electrons. The molecule has 0 saturated carbocycles. The van der Waals surface area contributed by atoms with Crippen LogP contribution in [0.15, 0.2) is 30.5 Å². The first kappa shape index (κ1) is 19.2. The molecule has 1 aromatic carbocycles. The maximum atomic E-state index is 11.5. The molecule has 0 atom stereocenters. The average Bonchev–Trinajstić information content (AvgIpc) is 3.08. The van der Waals surface area contributed by atoms with Gasteiger partial charge in [0.2, 0.25) is 10.0 Å². The smallest absolute Gasteiger partial charge is 0.290 e. The summed E-state index contributed by atoms with van der Waals surface area (Å²) in [6.07, 6.45) is 2.75. The van der Waals surface area contributed by atoms with Crippen LogP contribution in [0.1, 0.15) is 5.56 Å². The number of rotatable bonds is 4. The molecule has 0 amide bonds. The summed E-state index contributed by atoms with van der Waals surface area (Å²) in [7, 11) is -1.92. The van der Waals surface area contributed by atoms with Crippen molar-refractivity contribution < 1.29 is 23.1 Å². The van der Waals surface area contributed by atoms with E-state index in [1.807, 2.05) is 19.1 Å². The van der Waals surface area contributed by atoms with Crippen molar-refractivity contribution in [1.82, 2.24) is 15.2 Å². The maximum Gasteiger partial charge on any atom is 0.290 e. The highest BCUT2D eigenvalue weighted by molar-refractivity contribution is 7.92. The molecular formula is C16H18N4O5S. The largest absolute Gasteiger partial charge is 0.495 e. The van der Waals surface area contributed by atoms with E-state index in [1.54, 1.807) is 18.3 Å². The van der Waals surface area contributed by atoms with Gasteiger partial charge in [0.15, 0.2) is 0 Å². The van der Waals surface area contributed by atoms with Crippen LogP contribution in [0.5, 0.6) is 5.75 Å². The number of nitrogens with zero attached hydrogens (tertiary/aromatic N) is 2. The van der Waals surface area contributed by atoms with Crippen molar-refractivity contribution in [2.75, 3.05) is 18.1 Å². The molecule has 3 N–H and O–H groups in total. The number of ether oxygens (including phenoxy) is 1. The lowest BCUT2D eigenvalue weighted by Gasteiger charge is -2.13. The fraction of sp³-hybridized carbons (Fsp3) is 0.188. The van der Waals surface area contributed by atoms with Gasteiger partial charge in [-0.15, -0.1) is 0 Å². The fourth-order valence-electron chi connectivity index (χ4n) is 2.41. The number of hydrogen-bond acceptors (Lipinski definition) is 6. The van der Waals surface area contributed by atoms with E-state index in [-0.39, 0.29) is 6.47 Å². The Kier molecular flexibility index (Phi) is 5.78. The zero-order valence-corrected chi connectivity index (χ0v) is 15.2. The Labute approximate surface area is 150 Å². The van der Waals surface area contributed by atoms with Gasteiger partial charge in [0.05, 0.1) is 36.0 Å². The second-order valence-corrected chi connectivity index (χ2v) is 7.09. The van der Waals surface area contributed by atoms with E-state index >= 15 is 0 Å². The minimum absolute atomic E-state index is 0.250. The van der Waals surface area contributed by atoms with Crippen molar-refractivity contribution in [1.29, 1.82) is 0 Å². The van der Waals surface area contributed by atoms with Crippen molar-refractivity contribution in [3.63, 3.8) is 0 Å². The van der Waals surface area contributed by atoms with Gasteiger partial charge in [-0.25, -0.2) is 13.4 Å². The van der Waals surface area contributed by atoms with E-state index in [1.165, 1.54) is 7.11 Å². The molecule has 3 aromatic rings. The predicted octanol–water partition coefficient (Wildman–Crippen LogP) is 2.01. The lowest BCUT2D eigenvalue weighted by atomic mass is 10.1. The van der Waals surface area contributed by atoms with Crippen LogP contribution in [0.4, 0.5) is 5.69 Å². The van der Waals surface area contributed by atoms with E-state index < -0.39 is 10.0 Å². The van der Waals surface area contributed by atoms with E-state index in [9.17, 15) is 8.42 Å². The summed E-state index contributed by atoms with van der Waals surface area (Å²) < 4.78 is 30.8. The van der Waals surface area contributed by atoms with Crippen molar-refractivity contribution in [2.45, 2.75) is 6.92 Å². The highest BCUT2D eigenvalue weighted by atomic mass is 32.2. The predicted molar refractivity (Wildman–Crippen MR) is 97.8 cm³/mol. The van der Waals surface area contributed by atoms with Gasteiger partial charge in [-0.2, -0.15) is 5.10 Å². The topological polar surface area (TPSA) is 134 Å². The third-order valence-electron chi connectivity index (χ3n) is 3.41. The number of anilines is 1. The lowest BCUT2D eigenvalue weighted by Crippen LogP contribution is -2.10. The minimum atomic E-state index is -3.42. The number of carbonyl (C=O) groups is 1. The summed E-state index contributed by atoms with van der Waals surface area (Å²) in [5, 5.41) is 14.6. The van der Waals surface area contributed by atoms with Gasteiger partial charge in [-0.05, 0) is 36.8 Å². The molecule has 10 heteroatoms. The zero-order valence-electron chi connectivity index (χ0n) is 14.3. The third kappa shape index (κ3) is 4.48. The normalized spacial score (nSPS) is 10.7. The van der Waals surface area contributed by atoms with Crippen LogP contribution >= 0.6 is 0 Å². The first-order chi connectivity index (χ1) is 12.3. The van der Waals surface area contributed by atoms with Crippen LogP contribution in [-0.4, -0.2) is 48.5 Å². The van der Waals surface area contributed by atoms with Gasteiger partial charge in [-0.3, -0.25) is 14.6 Å². The Morgan fingerprint density at radius 2 is 2.00 bits per heavy atom. The molecule has 0 spiro atoms. The Morgan fingerprint density at radius 1 is 1.31 bits per heavy atom. The number of aryl methyl sites for hydroxylation is 1. The molecule has 0 radical (unpaired) electrons. The third-order valence-corrected chi connectivity index (χ3v) is 4.00. The number of aromatic nitrogens is 3. The minimum Gasteiger partial charge on any atom is -0.495 e. The second-order valence-electron chi connectivity index (χ2n) is 5.34. The summed E-state index contributed by atoms with van der Waals surface area (Å²) in [5.41, 5.74) is 3.56. The van der Waals surface area contributed by atoms with Crippen LogP contribution in [0, 0.1) is 6.92 Å². The second kappa shape index (κ2) is 7.83. The van der Waals surface area contributed by atoms with E-state index in [2.05, 4.69) is 19.9 Å². The van der Waals surface area contributed by atoms with Crippen molar-refractivity contribution in [2.24, 2.45) is 0 Å². The van der Waals surface area contributed by atoms with Crippen LogP contribution in [0.3, 0.4) is 0 Å². The SMILES string of the molecule is COc1cc2c(C)cc(-c3ccn[nH]3)nc2cc1NS(C)(=O)=O.O=CO. The molecule has 0 unspecified atom stereocenters. The molecule has 0 aliphatic rings. The van der Waals surface area contributed by atoms with Crippen LogP contribution in [0.25, 0.3) is 22.3 Å². The number of H-pyrrole nitrogens is 1. The van der Waals surface area contributed by atoms with Crippen molar-refractivity contribution >= 4 is 33.1 Å². The van der Waals surface area contributed by atoms with Crippen LogP contribution < -0.4 is 9.46 Å². The highest BCUT2D eigenvalue weighted by Gasteiger charge is 2.13. The first-order valence-corrected chi connectivity index (χ1v) is 9.23. The molecular weight excluding hydrogens is 360 g/mol. The average molecular weight is 378 g/mol. The lowest BCUT2D eigenvalue weighted by molar-refractivity contribution is -0.122. The number of hydrogen-bond donors (Lipinski definition) is 3. The van der Waals surface area contributed by atoms with Gasteiger partial charge >= 0.3 is 0 Å². The monoisotopic (exact) mass is 378 g/mol. The summed E-state index contributed by atoms with van der Waals surface area (Å²) in [4.78, 5) is 12.9. The molecule has 2 aromatic heterocycles. The molecule has 0 aliphatic carbocycles. The van der Waals surface area contributed by atoms with E-state index in [0.29, 0.717) is 17.0 Å². The zero-order chi connectivity index (χ0) is 19.3.